The van der Waals surface area contributed by atoms with Crippen molar-refractivity contribution in [2.24, 2.45) is 0 Å². The first-order chi connectivity index (χ1) is 10.1. The highest BCUT2D eigenvalue weighted by Crippen LogP contribution is 2.22. The number of carbonyl (C=O) groups excluding carboxylic acids is 2. The Morgan fingerprint density at radius 2 is 2.43 bits per heavy atom. The Balaban J connectivity index is 1.88. The van der Waals surface area contributed by atoms with Crippen LogP contribution in [0, 0.1) is 11.3 Å². The lowest BCUT2D eigenvalue weighted by Crippen LogP contribution is -2.31. The number of aromatic nitrogens is 4. The Labute approximate surface area is 123 Å². The lowest BCUT2D eigenvalue weighted by Gasteiger charge is -2.12. The first-order valence-corrected chi connectivity index (χ1v) is 6.67. The van der Waals surface area contributed by atoms with Crippen molar-refractivity contribution in [3.63, 3.8) is 0 Å². The van der Waals surface area contributed by atoms with Gasteiger partial charge in [-0.2, -0.15) is 5.26 Å². The zero-order chi connectivity index (χ0) is 15.2. The minimum atomic E-state index is -0.998. The fraction of sp³-hybridized carbons (Fsp3) is 0.273. The van der Waals surface area contributed by atoms with Crippen molar-refractivity contribution >= 4 is 28.2 Å². The molecule has 0 radical (unpaired) electrons. The zero-order valence-corrected chi connectivity index (χ0v) is 11.7. The van der Waals surface area contributed by atoms with E-state index in [0.717, 1.165) is 0 Å². The first kappa shape index (κ1) is 14.6. The molecule has 10 heteroatoms. The molecule has 108 valence electrons. The third-order valence-corrected chi connectivity index (χ3v) is 3.21. The van der Waals surface area contributed by atoms with Gasteiger partial charge in [0.05, 0.1) is 5.56 Å². The Bertz CT molecular complexity index is 674. The van der Waals surface area contributed by atoms with Gasteiger partial charge in [0.25, 0.3) is 5.91 Å². The summed E-state index contributed by atoms with van der Waals surface area (Å²) in [4.78, 5) is 23.5. The molecule has 0 aromatic carbocycles. The predicted molar refractivity (Wildman–Crippen MR) is 71.0 cm³/mol. The molecule has 1 N–H and O–H groups in total. The highest BCUT2D eigenvalue weighted by molar-refractivity contribution is 7.14. The van der Waals surface area contributed by atoms with Gasteiger partial charge in [-0.05, 0) is 28.8 Å². The molecule has 0 spiro atoms. The summed E-state index contributed by atoms with van der Waals surface area (Å²) in [5.41, 5.74) is 0.362. The van der Waals surface area contributed by atoms with Crippen LogP contribution in [-0.2, 0) is 20.9 Å². The van der Waals surface area contributed by atoms with E-state index in [1.54, 1.807) is 11.4 Å². The van der Waals surface area contributed by atoms with E-state index in [1.165, 1.54) is 29.3 Å². The summed E-state index contributed by atoms with van der Waals surface area (Å²) in [6.07, 6.45) is 0.263. The summed E-state index contributed by atoms with van der Waals surface area (Å²) < 4.78 is 6.14. The van der Waals surface area contributed by atoms with E-state index in [4.69, 9.17) is 10.00 Å². The van der Waals surface area contributed by atoms with Crippen molar-refractivity contribution in [2.45, 2.75) is 19.6 Å². The van der Waals surface area contributed by atoms with Gasteiger partial charge < -0.3 is 10.1 Å². The molecular weight excluding hydrogens is 296 g/mol. The summed E-state index contributed by atoms with van der Waals surface area (Å²) in [6, 6.07) is 3.54. The van der Waals surface area contributed by atoms with Crippen LogP contribution in [0.15, 0.2) is 17.8 Å². The lowest BCUT2D eigenvalue weighted by atomic mass is 10.3. The number of tetrazole rings is 1. The van der Waals surface area contributed by atoms with Gasteiger partial charge in [0, 0.05) is 0 Å². The van der Waals surface area contributed by atoms with Crippen LogP contribution in [0.4, 0.5) is 5.00 Å². The molecule has 2 aromatic rings. The highest BCUT2D eigenvalue weighted by Gasteiger charge is 2.19. The largest absolute Gasteiger partial charge is 0.451 e. The van der Waals surface area contributed by atoms with Crippen LogP contribution in [-0.4, -0.2) is 38.2 Å². The van der Waals surface area contributed by atoms with Crippen LogP contribution in [0.1, 0.15) is 12.5 Å². The summed E-state index contributed by atoms with van der Waals surface area (Å²) in [7, 11) is 0. The van der Waals surface area contributed by atoms with Gasteiger partial charge in [-0.15, -0.1) is 16.4 Å². The SMILES string of the molecule is C[C@H](OC(=O)Cn1cnnn1)C(=O)Nc1sccc1C#N. The standard InChI is InChI=1S/C11H10N6O3S/c1-7(20-9(18)5-17-6-13-15-16-17)10(19)14-11-8(4-12)2-3-21-11/h2-3,6-7H,5H2,1H3,(H,14,19)/t7-/m0/s1. The molecule has 2 aromatic heterocycles. The maximum Gasteiger partial charge on any atom is 0.328 e. The summed E-state index contributed by atoms with van der Waals surface area (Å²) in [5.74, 6) is -1.16. The number of nitrogens with zero attached hydrogens (tertiary/aromatic N) is 5. The molecule has 0 unspecified atom stereocenters. The maximum atomic E-state index is 11.9. The van der Waals surface area contributed by atoms with E-state index < -0.39 is 18.0 Å². The average Bonchev–Trinajstić information content (AvgIpc) is 3.09. The topological polar surface area (TPSA) is 123 Å². The number of anilines is 1. The number of amides is 1. The molecule has 0 aliphatic heterocycles. The Morgan fingerprint density at radius 1 is 1.62 bits per heavy atom. The number of nitrogens with one attached hydrogen (secondary N) is 1. The summed E-state index contributed by atoms with van der Waals surface area (Å²) in [5, 5.41) is 23.8. The van der Waals surface area contributed by atoms with Crippen molar-refractivity contribution < 1.29 is 14.3 Å². The second-order valence-corrected chi connectivity index (χ2v) is 4.82. The van der Waals surface area contributed by atoms with Gasteiger partial charge >= 0.3 is 5.97 Å². The van der Waals surface area contributed by atoms with Gasteiger partial charge in [-0.3, -0.25) is 9.59 Å². The number of hydrogen-bond donors (Lipinski definition) is 1. The molecule has 1 atom stereocenters. The van der Waals surface area contributed by atoms with Gasteiger partial charge in [0.15, 0.2) is 6.10 Å². The van der Waals surface area contributed by atoms with Crippen molar-refractivity contribution in [2.75, 3.05) is 5.32 Å². The molecule has 0 bridgehead atoms. The van der Waals surface area contributed by atoms with Crippen LogP contribution < -0.4 is 5.32 Å². The normalized spacial score (nSPS) is 11.4. The zero-order valence-electron chi connectivity index (χ0n) is 10.9. The number of carbonyl (C=O) groups is 2. The van der Waals surface area contributed by atoms with Crippen molar-refractivity contribution in [3.8, 4) is 6.07 Å². The minimum absolute atomic E-state index is 0.187. The molecule has 2 rings (SSSR count). The number of esters is 1. The quantitative estimate of drug-likeness (QED) is 0.781. The molecule has 0 aliphatic carbocycles. The van der Waals surface area contributed by atoms with Gasteiger partial charge in [-0.25, -0.2) is 4.68 Å². The van der Waals surface area contributed by atoms with E-state index in [0.29, 0.717) is 10.6 Å². The molecule has 0 saturated heterocycles. The second-order valence-electron chi connectivity index (χ2n) is 3.90. The van der Waals surface area contributed by atoms with Gasteiger partial charge in [0.2, 0.25) is 0 Å². The number of thiophene rings is 1. The lowest BCUT2D eigenvalue weighted by molar-refractivity contribution is -0.153. The molecule has 0 aliphatic rings. The third kappa shape index (κ3) is 3.83. The number of hydrogen-bond acceptors (Lipinski definition) is 8. The third-order valence-electron chi connectivity index (χ3n) is 2.38. The molecule has 0 saturated carbocycles. The van der Waals surface area contributed by atoms with Crippen LogP contribution in [0.25, 0.3) is 0 Å². The van der Waals surface area contributed by atoms with E-state index in [-0.39, 0.29) is 6.54 Å². The summed E-state index contributed by atoms with van der Waals surface area (Å²) in [6.45, 7) is 1.25. The van der Waals surface area contributed by atoms with Crippen LogP contribution in [0.2, 0.25) is 0 Å². The molecule has 9 nitrogen and oxygen atoms in total. The van der Waals surface area contributed by atoms with Crippen LogP contribution >= 0.6 is 11.3 Å². The van der Waals surface area contributed by atoms with Crippen LogP contribution in [0.5, 0.6) is 0 Å². The Morgan fingerprint density at radius 3 is 3.10 bits per heavy atom. The fourth-order valence-electron chi connectivity index (χ4n) is 1.38. The monoisotopic (exact) mass is 306 g/mol. The molecule has 1 amide bonds. The molecule has 0 fully saturated rings. The number of rotatable bonds is 5. The minimum Gasteiger partial charge on any atom is -0.451 e. The van der Waals surface area contributed by atoms with E-state index in [1.807, 2.05) is 6.07 Å². The highest BCUT2D eigenvalue weighted by atomic mass is 32.1. The van der Waals surface area contributed by atoms with Crippen LogP contribution in [0.3, 0.4) is 0 Å². The van der Waals surface area contributed by atoms with Gasteiger partial charge in [0.1, 0.15) is 23.9 Å². The smallest absolute Gasteiger partial charge is 0.328 e. The van der Waals surface area contributed by atoms with Crippen molar-refractivity contribution in [1.29, 1.82) is 5.26 Å². The molecule has 21 heavy (non-hydrogen) atoms. The average molecular weight is 306 g/mol. The van der Waals surface area contributed by atoms with E-state index >= 15 is 0 Å². The molecule has 2 heterocycles. The van der Waals surface area contributed by atoms with E-state index in [9.17, 15) is 9.59 Å². The fourth-order valence-corrected chi connectivity index (χ4v) is 2.12. The predicted octanol–water partition coefficient (Wildman–Crippen LogP) is 0.177. The van der Waals surface area contributed by atoms with Crippen molar-refractivity contribution in [3.05, 3.63) is 23.3 Å². The molecular formula is C11H10N6O3S. The second kappa shape index (κ2) is 6.58. The van der Waals surface area contributed by atoms with Crippen molar-refractivity contribution in [1.82, 2.24) is 20.2 Å². The first-order valence-electron chi connectivity index (χ1n) is 5.79. The van der Waals surface area contributed by atoms with E-state index in [2.05, 4.69) is 20.8 Å². The number of ether oxygens (including phenoxy) is 1. The Kier molecular flexibility index (Phi) is 4.57. The maximum absolute atomic E-state index is 11.9. The van der Waals surface area contributed by atoms with Gasteiger partial charge in [-0.1, -0.05) is 0 Å². The summed E-state index contributed by atoms with van der Waals surface area (Å²) >= 11 is 1.22. The Hall–Kier alpha value is -2.80. The number of nitriles is 1.